The highest BCUT2D eigenvalue weighted by Gasteiger charge is 2.29. The van der Waals surface area contributed by atoms with Gasteiger partial charge < -0.3 is 10.5 Å². The Balaban J connectivity index is 2.00. The molecule has 1 aliphatic rings. The molecular weight excluding hydrogens is 260 g/mol. The Labute approximate surface area is 116 Å². The molecule has 4 heteroatoms. The van der Waals surface area contributed by atoms with Crippen LogP contribution in [0.4, 0.5) is 8.78 Å². The second-order valence-electron chi connectivity index (χ2n) is 4.91. The van der Waals surface area contributed by atoms with Gasteiger partial charge >= 0.3 is 0 Å². The molecular formula is C16H15F2NO. The minimum absolute atomic E-state index is 0.145. The normalized spacial score (nSPS) is 19.4. The maximum absolute atomic E-state index is 13.9. The summed E-state index contributed by atoms with van der Waals surface area (Å²) in [4.78, 5) is 0. The molecule has 2 N–H and O–H groups in total. The van der Waals surface area contributed by atoms with E-state index in [1.807, 2.05) is 24.3 Å². The smallest absolute Gasteiger partial charge is 0.163 e. The summed E-state index contributed by atoms with van der Waals surface area (Å²) >= 11 is 0. The summed E-state index contributed by atoms with van der Waals surface area (Å²) < 4.78 is 32.9. The molecule has 2 atom stereocenters. The Bertz CT molecular complexity index is 630. The molecule has 2 unspecified atom stereocenters. The fourth-order valence-corrected chi connectivity index (χ4v) is 2.66. The van der Waals surface area contributed by atoms with Crippen LogP contribution in [0.25, 0.3) is 0 Å². The summed E-state index contributed by atoms with van der Waals surface area (Å²) in [6.45, 7) is 0.534. The molecule has 0 bridgehead atoms. The van der Waals surface area contributed by atoms with Gasteiger partial charge in [0, 0.05) is 5.56 Å². The molecule has 0 saturated heterocycles. The van der Waals surface area contributed by atoms with Crippen molar-refractivity contribution in [2.45, 2.75) is 18.6 Å². The predicted octanol–water partition coefficient (Wildman–Crippen LogP) is 3.28. The average molecular weight is 275 g/mol. The minimum atomic E-state index is -0.897. The molecule has 1 heterocycles. The van der Waals surface area contributed by atoms with Gasteiger partial charge in [0.05, 0.1) is 12.6 Å². The fraction of sp³-hybridized carbons (Fsp3) is 0.250. The van der Waals surface area contributed by atoms with E-state index in [1.165, 1.54) is 12.1 Å². The van der Waals surface area contributed by atoms with Gasteiger partial charge in [-0.2, -0.15) is 0 Å². The Morgan fingerprint density at radius 1 is 1.10 bits per heavy atom. The fourth-order valence-electron chi connectivity index (χ4n) is 2.66. The van der Waals surface area contributed by atoms with E-state index in [0.29, 0.717) is 6.61 Å². The zero-order valence-electron chi connectivity index (χ0n) is 10.9. The van der Waals surface area contributed by atoms with E-state index in [1.54, 1.807) is 0 Å². The summed E-state index contributed by atoms with van der Waals surface area (Å²) in [5.41, 5.74) is 8.37. The second kappa shape index (κ2) is 5.31. The van der Waals surface area contributed by atoms with Crippen LogP contribution < -0.4 is 5.73 Å². The summed E-state index contributed by atoms with van der Waals surface area (Å²) in [5.74, 6) is -1.78. The van der Waals surface area contributed by atoms with Crippen molar-refractivity contribution in [1.82, 2.24) is 0 Å². The number of hydrogen-bond acceptors (Lipinski definition) is 2. The predicted molar refractivity (Wildman–Crippen MR) is 72.1 cm³/mol. The zero-order chi connectivity index (χ0) is 14.1. The maximum atomic E-state index is 13.9. The number of halogens is 2. The Morgan fingerprint density at radius 3 is 2.75 bits per heavy atom. The lowest BCUT2D eigenvalue weighted by molar-refractivity contribution is 0.0232. The van der Waals surface area contributed by atoms with Crippen LogP contribution in [0.2, 0.25) is 0 Å². The van der Waals surface area contributed by atoms with Crippen molar-refractivity contribution >= 4 is 0 Å². The summed E-state index contributed by atoms with van der Waals surface area (Å²) in [7, 11) is 0. The van der Waals surface area contributed by atoms with Crippen molar-refractivity contribution in [2.24, 2.45) is 5.73 Å². The zero-order valence-corrected chi connectivity index (χ0v) is 10.9. The molecule has 3 rings (SSSR count). The highest BCUT2D eigenvalue weighted by atomic mass is 19.2. The molecule has 2 nitrogen and oxygen atoms in total. The maximum Gasteiger partial charge on any atom is 0.163 e. The van der Waals surface area contributed by atoms with Gasteiger partial charge in [-0.05, 0) is 23.6 Å². The third-order valence-corrected chi connectivity index (χ3v) is 3.70. The third kappa shape index (κ3) is 2.21. The highest BCUT2D eigenvalue weighted by molar-refractivity contribution is 5.34. The third-order valence-electron chi connectivity index (χ3n) is 3.70. The lowest BCUT2D eigenvalue weighted by atomic mass is 9.90. The molecule has 0 aliphatic carbocycles. The van der Waals surface area contributed by atoms with Crippen LogP contribution in [-0.4, -0.2) is 6.61 Å². The van der Waals surface area contributed by atoms with Crippen LogP contribution >= 0.6 is 0 Å². The van der Waals surface area contributed by atoms with Gasteiger partial charge in [0.15, 0.2) is 11.6 Å². The quantitative estimate of drug-likeness (QED) is 0.913. The number of benzene rings is 2. The highest BCUT2D eigenvalue weighted by Crippen LogP contribution is 2.36. The Kier molecular flexibility index (Phi) is 3.51. The lowest BCUT2D eigenvalue weighted by Crippen LogP contribution is -2.28. The van der Waals surface area contributed by atoms with Crippen molar-refractivity contribution in [1.29, 1.82) is 0 Å². The molecule has 0 spiro atoms. The van der Waals surface area contributed by atoms with Crippen molar-refractivity contribution in [2.75, 3.05) is 6.61 Å². The van der Waals surface area contributed by atoms with E-state index in [9.17, 15) is 8.78 Å². The van der Waals surface area contributed by atoms with Crippen LogP contribution in [-0.2, 0) is 11.2 Å². The Hall–Kier alpha value is -1.78. The van der Waals surface area contributed by atoms with Gasteiger partial charge in [0.1, 0.15) is 6.10 Å². The van der Waals surface area contributed by atoms with Crippen LogP contribution in [0.3, 0.4) is 0 Å². The Morgan fingerprint density at radius 2 is 1.90 bits per heavy atom. The van der Waals surface area contributed by atoms with Crippen LogP contribution in [0.5, 0.6) is 0 Å². The molecule has 2 aromatic rings. The van der Waals surface area contributed by atoms with E-state index < -0.39 is 23.8 Å². The lowest BCUT2D eigenvalue weighted by Gasteiger charge is -2.30. The topological polar surface area (TPSA) is 35.2 Å². The van der Waals surface area contributed by atoms with Gasteiger partial charge in [-0.25, -0.2) is 8.78 Å². The number of hydrogen-bond donors (Lipinski definition) is 1. The summed E-state index contributed by atoms with van der Waals surface area (Å²) in [6.07, 6.45) is 0.363. The monoisotopic (exact) mass is 275 g/mol. The van der Waals surface area contributed by atoms with E-state index in [0.717, 1.165) is 23.6 Å². The molecule has 2 aromatic carbocycles. The summed E-state index contributed by atoms with van der Waals surface area (Å²) in [5, 5.41) is 0. The van der Waals surface area contributed by atoms with Crippen LogP contribution in [0, 0.1) is 11.6 Å². The SMILES string of the molecule is NC(c1cccc(F)c1F)C1OCCc2ccccc21. The molecule has 0 saturated carbocycles. The molecule has 0 radical (unpaired) electrons. The van der Waals surface area contributed by atoms with E-state index in [2.05, 4.69) is 0 Å². The van der Waals surface area contributed by atoms with Gasteiger partial charge in [-0.3, -0.25) is 0 Å². The first-order valence-electron chi connectivity index (χ1n) is 6.57. The van der Waals surface area contributed by atoms with E-state index in [-0.39, 0.29) is 5.56 Å². The van der Waals surface area contributed by atoms with Gasteiger partial charge in [-0.15, -0.1) is 0 Å². The van der Waals surface area contributed by atoms with Crippen molar-refractivity contribution in [3.05, 3.63) is 70.8 Å². The van der Waals surface area contributed by atoms with Crippen LogP contribution in [0.1, 0.15) is 28.8 Å². The van der Waals surface area contributed by atoms with Gasteiger partial charge in [0.2, 0.25) is 0 Å². The largest absolute Gasteiger partial charge is 0.371 e. The standard InChI is InChI=1S/C16H15F2NO/c17-13-7-3-6-12(14(13)18)15(19)16-11-5-2-1-4-10(11)8-9-20-16/h1-7,15-16H,8-9,19H2. The molecule has 0 amide bonds. The van der Waals surface area contributed by atoms with Crippen molar-refractivity contribution in [3.8, 4) is 0 Å². The first kappa shape index (κ1) is 13.2. The first-order valence-corrected chi connectivity index (χ1v) is 6.57. The molecule has 1 aliphatic heterocycles. The van der Waals surface area contributed by atoms with Crippen molar-refractivity contribution in [3.63, 3.8) is 0 Å². The number of nitrogens with two attached hydrogens (primary N) is 1. The molecule has 0 aromatic heterocycles. The second-order valence-corrected chi connectivity index (χ2v) is 4.91. The average Bonchev–Trinajstić information content (AvgIpc) is 2.49. The first-order chi connectivity index (χ1) is 9.68. The minimum Gasteiger partial charge on any atom is -0.371 e. The molecule has 20 heavy (non-hydrogen) atoms. The number of ether oxygens (including phenoxy) is 1. The van der Waals surface area contributed by atoms with Crippen molar-refractivity contribution < 1.29 is 13.5 Å². The molecule has 104 valence electrons. The molecule has 0 fully saturated rings. The summed E-state index contributed by atoms with van der Waals surface area (Å²) in [6, 6.07) is 11.1. The number of fused-ring (bicyclic) bond motifs is 1. The van der Waals surface area contributed by atoms with Crippen LogP contribution in [0.15, 0.2) is 42.5 Å². The van der Waals surface area contributed by atoms with E-state index in [4.69, 9.17) is 10.5 Å². The van der Waals surface area contributed by atoms with Gasteiger partial charge in [-0.1, -0.05) is 36.4 Å². The van der Waals surface area contributed by atoms with E-state index >= 15 is 0 Å². The number of rotatable bonds is 2. The van der Waals surface area contributed by atoms with Gasteiger partial charge in [0.25, 0.3) is 0 Å².